The second-order valence-electron chi connectivity index (χ2n) is 4.78. The van der Waals surface area contributed by atoms with Gasteiger partial charge in [0.1, 0.15) is 11.6 Å². The highest BCUT2D eigenvalue weighted by atomic mass is 35.5. The van der Waals surface area contributed by atoms with Crippen molar-refractivity contribution in [2.75, 3.05) is 5.32 Å². The molecular weight excluding hydrogens is 284 g/mol. The minimum Gasteiger partial charge on any atom is -0.336 e. The fraction of sp³-hybridized carbons (Fsp3) is 0.312. The Morgan fingerprint density at radius 1 is 1.24 bits per heavy atom. The van der Waals surface area contributed by atoms with Crippen LogP contribution in [0.1, 0.15) is 36.2 Å². The molecule has 2 aromatic rings. The number of aryl methyl sites for hydroxylation is 2. The fourth-order valence-electron chi connectivity index (χ4n) is 2.23. The molecule has 0 atom stereocenters. The molecule has 1 N–H and O–H groups in total. The van der Waals surface area contributed by atoms with Gasteiger partial charge in [0.25, 0.3) is 0 Å². The molecule has 0 aliphatic heterocycles. The van der Waals surface area contributed by atoms with Gasteiger partial charge in [-0.15, -0.1) is 5.10 Å². The maximum Gasteiger partial charge on any atom is 0.171 e. The average molecular weight is 301 g/mol. The van der Waals surface area contributed by atoms with Gasteiger partial charge in [-0.05, 0) is 43.0 Å². The predicted octanol–water partition coefficient (Wildman–Crippen LogP) is 4.18. The topological polar surface area (TPSA) is 61.6 Å². The molecule has 0 amide bonds. The fourth-order valence-corrected chi connectivity index (χ4v) is 2.51. The molecular formula is C16H17ClN4. The van der Waals surface area contributed by atoms with Crippen LogP contribution in [0.25, 0.3) is 0 Å². The number of anilines is 2. The van der Waals surface area contributed by atoms with Crippen molar-refractivity contribution in [1.82, 2.24) is 10.2 Å². The molecule has 2 rings (SSSR count). The largest absolute Gasteiger partial charge is 0.336 e. The van der Waals surface area contributed by atoms with Crippen LogP contribution in [0.3, 0.4) is 0 Å². The monoisotopic (exact) mass is 300 g/mol. The van der Waals surface area contributed by atoms with E-state index in [0.717, 1.165) is 35.3 Å². The van der Waals surface area contributed by atoms with E-state index in [-0.39, 0.29) is 0 Å². The van der Waals surface area contributed by atoms with Gasteiger partial charge in [-0.1, -0.05) is 31.5 Å². The first-order valence-electron chi connectivity index (χ1n) is 6.92. The molecule has 1 aromatic heterocycles. The summed E-state index contributed by atoms with van der Waals surface area (Å²) >= 11 is 6.21. The maximum absolute atomic E-state index is 9.45. The molecule has 0 unspecified atom stereocenters. The number of nitrogens with one attached hydrogen (secondary N) is 1. The van der Waals surface area contributed by atoms with Crippen LogP contribution in [-0.2, 0) is 12.8 Å². The van der Waals surface area contributed by atoms with Gasteiger partial charge in [0.15, 0.2) is 5.82 Å². The molecule has 21 heavy (non-hydrogen) atoms. The second-order valence-corrected chi connectivity index (χ2v) is 5.18. The van der Waals surface area contributed by atoms with E-state index in [9.17, 15) is 5.26 Å². The third-order valence-electron chi connectivity index (χ3n) is 3.34. The molecule has 108 valence electrons. The van der Waals surface area contributed by atoms with E-state index in [0.29, 0.717) is 16.4 Å². The third kappa shape index (κ3) is 3.14. The maximum atomic E-state index is 9.45. The summed E-state index contributed by atoms with van der Waals surface area (Å²) < 4.78 is 0. The highest BCUT2D eigenvalue weighted by molar-refractivity contribution is 6.33. The van der Waals surface area contributed by atoms with Gasteiger partial charge in [-0.2, -0.15) is 10.4 Å². The zero-order valence-corrected chi connectivity index (χ0v) is 13.1. The Hall–Kier alpha value is -2.12. The first kappa shape index (κ1) is 15.3. The highest BCUT2D eigenvalue weighted by Gasteiger charge is 2.15. The van der Waals surface area contributed by atoms with Crippen molar-refractivity contribution in [3.63, 3.8) is 0 Å². The summed E-state index contributed by atoms with van der Waals surface area (Å²) in [6, 6.07) is 7.93. The molecule has 0 bridgehead atoms. The van der Waals surface area contributed by atoms with Gasteiger partial charge < -0.3 is 5.32 Å². The SMILES string of the molecule is CCc1nnc(Nc2ccc(C)cc2Cl)c(C#N)c1CC. The van der Waals surface area contributed by atoms with Gasteiger partial charge in [-0.3, -0.25) is 0 Å². The Kier molecular flexibility index (Phi) is 4.77. The number of hydrogen-bond acceptors (Lipinski definition) is 4. The molecule has 1 heterocycles. The molecule has 0 fully saturated rings. The van der Waals surface area contributed by atoms with Gasteiger partial charge in [-0.25, -0.2) is 0 Å². The smallest absolute Gasteiger partial charge is 0.171 e. The summed E-state index contributed by atoms with van der Waals surface area (Å²) in [7, 11) is 0. The molecule has 0 saturated carbocycles. The van der Waals surface area contributed by atoms with Crippen molar-refractivity contribution in [3.05, 3.63) is 45.6 Å². The highest BCUT2D eigenvalue weighted by Crippen LogP contribution is 2.28. The zero-order valence-electron chi connectivity index (χ0n) is 12.4. The van der Waals surface area contributed by atoms with Gasteiger partial charge in [0, 0.05) is 0 Å². The van der Waals surface area contributed by atoms with Crippen molar-refractivity contribution in [2.24, 2.45) is 0 Å². The summed E-state index contributed by atoms with van der Waals surface area (Å²) in [4.78, 5) is 0. The zero-order chi connectivity index (χ0) is 15.4. The van der Waals surface area contributed by atoms with Crippen molar-refractivity contribution < 1.29 is 0 Å². The van der Waals surface area contributed by atoms with E-state index in [1.165, 1.54) is 0 Å². The van der Waals surface area contributed by atoms with E-state index in [2.05, 4.69) is 21.6 Å². The number of rotatable bonds is 4. The molecule has 0 aliphatic rings. The minimum absolute atomic E-state index is 0.456. The van der Waals surface area contributed by atoms with Crippen LogP contribution in [-0.4, -0.2) is 10.2 Å². The Morgan fingerprint density at radius 3 is 2.57 bits per heavy atom. The van der Waals surface area contributed by atoms with Crippen molar-refractivity contribution in [1.29, 1.82) is 5.26 Å². The number of halogens is 1. The van der Waals surface area contributed by atoms with E-state index in [1.54, 1.807) is 0 Å². The van der Waals surface area contributed by atoms with E-state index in [4.69, 9.17) is 11.6 Å². The van der Waals surface area contributed by atoms with Gasteiger partial charge in [0.2, 0.25) is 0 Å². The van der Waals surface area contributed by atoms with E-state index < -0.39 is 0 Å². The Bertz CT molecular complexity index is 704. The van der Waals surface area contributed by atoms with E-state index >= 15 is 0 Å². The van der Waals surface area contributed by atoms with Gasteiger partial charge >= 0.3 is 0 Å². The summed E-state index contributed by atoms with van der Waals surface area (Å²) in [6.45, 7) is 6.00. The lowest BCUT2D eigenvalue weighted by atomic mass is 10.0. The molecule has 1 aromatic carbocycles. The van der Waals surface area contributed by atoms with Crippen LogP contribution in [0.2, 0.25) is 5.02 Å². The van der Waals surface area contributed by atoms with E-state index in [1.807, 2.05) is 39.0 Å². The van der Waals surface area contributed by atoms with Crippen molar-refractivity contribution >= 4 is 23.1 Å². The third-order valence-corrected chi connectivity index (χ3v) is 3.65. The number of hydrogen-bond donors (Lipinski definition) is 1. The molecule has 4 nitrogen and oxygen atoms in total. The van der Waals surface area contributed by atoms with Crippen molar-refractivity contribution in [2.45, 2.75) is 33.6 Å². The predicted molar refractivity (Wildman–Crippen MR) is 85.0 cm³/mol. The van der Waals surface area contributed by atoms with Gasteiger partial charge in [0.05, 0.1) is 16.4 Å². The Morgan fingerprint density at radius 2 is 2.00 bits per heavy atom. The lowest BCUT2D eigenvalue weighted by Crippen LogP contribution is -2.07. The Labute approximate surface area is 129 Å². The van der Waals surface area contributed by atoms with Crippen LogP contribution >= 0.6 is 11.6 Å². The average Bonchev–Trinajstić information content (AvgIpc) is 2.49. The lowest BCUT2D eigenvalue weighted by Gasteiger charge is -2.13. The standard InChI is InChI=1S/C16H17ClN4/c1-4-11-12(9-18)16(21-20-14(11)5-2)19-15-7-6-10(3)8-13(15)17/h6-8H,4-5H2,1-3H3,(H,19,21). The molecule has 0 radical (unpaired) electrons. The molecule has 0 saturated heterocycles. The van der Waals surface area contributed by atoms with Crippen LogP contribution in [0.4, 0.5) is 11.5 Å². The summed E-state index contributed by atoms with van der Waals surface area (Å²) in [5.41, 5.74) is 4.16. The van der Waals surface area contributed by atoms with Crippen molar-refractivity contribution in [3.8, 4) is 6.07 Å². The van der Waals surface area contributed by atoms with Crippen LogP contribution in [0, 0.1) is 18.3 Å². The first-order chi connectivity index (χ1) is 10.1. The molecule has 0 spiro atoms. The second kappa shape index (κ2) is 6.55. The molecule has 5 heteroatoms. The number of benzene rings is 1. The van der Waals surface area contributed by atoms with Crippen LogP contribution < -0.4 is 5.32 Å². The first-order valence-corrected chi connectivity index (χ1v) is 7.30. The number of aromatic nitrogens is 2. The number of nitrogens with zero attached hydrogens (tertiary/aromatic N) is 3. The normalized spacial score (nSPS) is 10.2. The summed E-state index contributed by atoms with van der Waals surface area (Å²) in [5.74, 6) is 0.456. The quantitative estimate of drug-likeness (QED) is 0.920. The van der Waals surface area contributed by atoms with Crippen LogP contribution in [0.5, 0.6) is 0 Å². The number of nitriles is 1. The Balaban J connectivity index is 2.47. The van der Waals surface area contributed by atoms with Crippen LogP contribution in [0.15, 0.2) is 18.2 Å². The lowest BCUT2D eigenvalue weighted by molar-refractivity contribution is 0.877. The summed E-state index contributed by atoms with van der Waals surface area (Å²) in [5, 5.41) is 21.5. The minimum atomic E-state index is 0.456. The summed E-state index contributed by atoms with van der Waals surface area (Å²) in [6.07, 6.45) is 1.51. The molecule has 0 aliphatic carbocycles.